The number of aryl methyl sites for hydroxylation is 1. The zero-order valence-corrected chi connectivity index (χ0v) is 18.5. The number of aromatic nitrogens is 2. The van der Waals surface area contributed by atoms with Crippen LogP contribution in [0.15, 0.2) is 59.1 Å². The summed E-state index contributed by atoms with van der Waals surface area (Å²) < 4.78 is 2.57. The molecule has 0 saturated carbocycles. The maximum absolute atomic E-state index is 13.1. The number of halogens is 2. The van der Waals surface area contributed by atoms with Crippen molar-refractivity contribution in [1.29, 1.82) is 0 Å². The zero-order valence-electron chi connectivity index (χ0n) is 16.1. The summed E-state index contributed by atoms with van der Waals surface area (Å²) in [4.78, 5) is 27.5. The lowest BCUT2D eigenvalue weighted by molar-refractivity contribution is 0.0745. The van der Waals surface area contributed by atoms with Crippen molar-refractivity contribution in [3.63, 3.8) is 0 Å². The number of rotatable bonds is 5. The van der Waals surface area contributed by atoms with Crippen molar-refractivity contribution in [2.75, 3.05) is 6.54 Å². The van der Waals surface area contributed by atoms with Crippen LogP contribution in [0.4, 0.5) is 0 Å². The van der Waals surface area contributed by atoms with Crippen LogP contribution in [0.25, 0.3) is 0 Å². The molecule has 3 aromatic rings. The summed E-state index contributed by atoms with van der Waals surface area (Å²) >= 11 is 9.42. The number of hydrogen-bond donors (Lipinski definition) is 1. The van der Waals surface area contributed by atoms with Gasteiger partial charge in [0, 0.05) is 41.7 Å². The maximum Gasteiger partial charge on any atom is 0.272 e. The van der Waals surface area contributed by atoms with E-state index in [9.17, 15) is 9.59 Å². The Morgan fingerprint density at radius 2 is 1.90 bits per heavy atom. The molecule has 6 nitrogen and oxygen atoms in total. The van der Waals surface area contributed by atoms with Gasteiger partial charge in [-0.25, -0.2) is 0 Å². The number of carbonyl (C=O) groups excluding carboxylic acids is 2. The monoisotopic (exact) mass is 486 g/mol. The lowest BCUT2D eigenvalue weighted by Gasteiger charge is -2.20. The first kappa shape index (κ1) is 20.6. The number of nitrogens with one attached hydrogen (secondary N) is 1. The molecule has 0 fully saturated rings. The second kappa shape index (κ2) is 9.02. The largest absolute Gasteiger partial charge is 0.347 e. The Balaban J connectivity index is 1.47. The molecule has 30 heavy (non-hydrogen) atoms. The van der Waals surface area contributed by atoms with Gasteiger partial charge in [-0.3, -0.25) is 14.3 Å². The third-order valence-electron chi connectivity index (χ3n) is 5.00. The predicted octanol–water partition coefficient (Wildman–Crippen LogP) is 4.28. The second-order valence-corrected chi connectivity index (χ2v) is 8.41. The Labute approximate surface area is 188 Å². The van der Waals surface area contributed by atoms with Gasteiger partial charge in [0.1, 0.15) is 5.69 Å². The van der Waals surface area contributed by atoms with Crippen molar-refractivity contribution in [3.8, 4) is 0 Å². The molecule has 0 bridgehead atoms. The van der Waals surface area contributed by atoms with E-state index in [0.29, 0.717) is 36.9 Å². The molecule has 2 aromatic carbocycles. The van der Waals surface area contributed by atoms with Crippen LogP contribution in [0, 0.1) is 0 Å². The summed E-state index contributed by atoms with van der Waals surface area (Å²) in [6, 6.07) is 16.7. The standard InChI is InChI=1S/C22H20BrClN4O2/c23-18-5-2-1-4-16(18)13-25-21(29)19-12-20-22(30)27(10-3-11-28(20)26-19)14-15-6-8-17(24)9-7-15/h1-2,4-9,12H,3,10-11,13-14H2,(H,25,29). The molecule has 1 aliphatic rings. The van der Waals surface area contributed by atoms with E-state index in [-0.39, 0.29) is 17.5 Å². The van der Waals surface area contributed by atoms with E-state index >= 15 is 0 Å². The van der Waals surface area contributed by atoms with E-state index in [0.717, 1.165) is 22.0 Å². The van der Waals surface area contributed by atoms with Crippen molar-refractivity contribution >= 4 is 39.3 Å². The zero-order chi connectivity index (χ0) is 21.1. The first-order chi connectivity index (χ1) is 14.5. The van der Waals surface area contributed by atoms with E-state index in [2.05, 4.69) is 26.3 Å². The average molecular weight is 488 g/mol. The molecule has 0 spiro atoms. The smallest absolute Gasteiger partial charge is 0.272 e. The number of hydrogen-bond acceptors (Lipinski definition) is 3. The SMILES string of the molecule is O=C(NCc1ccccc1Br)c1cc2n(n1)CCCN(Cc1ccc(Cl)cc1)C2=O. The van der Waals surface area contributed by atoms with Gasteiger partial charge in [-0.05, 0) is 35.7 Å². The Morgan fingerprint density at radius 1 is 1.13 bits per heavy atom. The van der Waals surface area contributed by atoms with Crippen LogP contribution in [0.1, 0.15) is 38.5 Å². The molecule has 2 heterocycles. The molecule has 0 unspecified atom stereocenters. The molecule has 0 atom stereocenters. The summed E-state index contributed by atoms with van der Waals surface area (Å²) in [5.41, 5.74) is 2.66. The third-order valence-corrected chi connectivity index (χ3v) is 6.03. The molecule has 0 aliphatic carbocycles. The number of carbonyl (C=O) groups is 2. The molecule has 2 amide bonds. The van der Waals surface area contributed by atoms with Gasteiger partial charge in [0.2, 0.25) is 0 Å². The normalized spacial score (nSPS) is 13.7. The van der Waals surface area contributed by atoms with Crippen LogP contribution in [0.2, 0.25) is 5.02 Å². The van der Waals surface area contributed by atoms with E-state index in [1.807, 2.05) is 48.5 Å². The lowest BCUT2D eigenvalue weighted by Crippen LogP contribution is -2.30. The van der Waals surface area contributed by atoms with Crippen molar-refractivity contribution < 1.29 is 9.59 Å². The maximum atomic E-state index is 13.1. The van der Waals surface area contributed by atoms with Crippen molar-refractivity contribution in [1.82, 2.24) is 20.0 Å². The number of benzene rings is 2. The van der Waals surface area contributed by atoms with Gasteiger partial charge in [0.15, 0.2) is 5.69 Å². The highest BCUT2D eigenvalue weighted by atomic mass is 79.9. The molecule has 1 aromatic heterocycles. The van der Waals surface area contributed by atoms with Crippen molar-refractivity contribution in [2.24, 2.45) is 0 Å². The summed E-state index contributed by atoms with van der Waals surface area (Å²) in [5, 5.41) is 7.91. The van der Waals surface area contributed by atoms with Gasteiger partial charge >= 0.3 is 0 Å². The minimum atomic E-state index is -0.302. The van der Waals surface area contributed by atoms with Crippen LogP contribution in [-0.4, -0.2) is 33.0 Å². The van der Waals surface area contributed by atoms with E-state index in [1.165, 1.54) is 0 Å². The molecular weight excluding hydrogens is 468 g/mol. The fourth-order valence-corrected chi connectivity index (χ4v) is 3.97. The van der Waals surface area contributed by atoms with E-state index in [1.54, 1.807) is 15.6 Å². The van der Waals surface area contributed by atoms with Crippen LogP contribution < -0.4 is 5.32 Å². The highest BCUT2D eigenvalue weighted by molar-refractivity contribution is 9.10. The van der Waals surface area contributed by atoms with Crippen LogP contribution in [-0.2, 0) is 19.6 Å². The highest BCUT2D eigenvalue weighted by Crippen LogP contribution is 2.19. The molecule has 0 radical (unpaired) electrons. The van der Waals surface area contributed by atoms with Gasteiger partial charge in [-0.2, -0.15) is 5.10 Å². The van der Waals surface area contributed by atoms with Crippen molar-refractivity contribution in [2.45, 2.75) is 26.1 Å². The summed E-state index contributed by atoms with van der Waals surface area (Å²) in [7, 11) is 0. The summed E-state index contributed by atoms with van der Waals surface area (Å²) in [5.74, 6) is -0.428. The summed E-state index contributed by atoms with van der Waals surface area (Å²) in [6.45, 7) is 2.09. The molecule has 154 valence electrons. The first-order valence-corrected chi connectivity index (χ1v) is 10.8. The third kappa shape index (κ3) is 4.57. The summed E-state index contributed by atoms with van der Waals surface area (Å²) in [6.07, 6.45) is 0.770. The predicted molar refractivity (Wildman–Crippen MR) is 118 cm³/mol. The van der Waals surface area contributed by atoms with Crippen LogP contribution in [0.5, 0.6) is 0 Å². The number of fused-ring (bicyclic) bond motifs is 1. The van der Waals surface area contributed by atoms with Crippen LogP contribution in [0.3, 0.4) is 0 Å². The van der Waals surface area contributed by atoms with E-state index in [4.69, 9.17) is 11.6 Å². The topological polar surface area (TPSA) is 67.2 Å². The number of amides is 2. The Kier molecular flexibility index (Phi) is 6.20. The van der Waals surface area contributed by atoms with E-state index < -0.39 is 0 Å². The number of nitrogens with zero attached hydrogens (tertiary/aromatic N) is 3. The molecule has 1 aliphatic heterocycles. The highest BCUT2D eigenvalue weighted by Gasteiger charge is 2.26. The molecule has 0 saturated heterocycles. The average Bonchev–Trinajstić information content (AvgIpc) is 3.12. The Hall–Kier alpha value is -2.64. The van der Waals surface area contributed by atoms with Gasteiger partial charge < -0.3 is 10.2 Å². The molecular formula is C22H20BrClN4O2. The van der Waals surface area contributed by atoms with Gasteiger partial charge in [-0.1, -0.05) is 57.9 Å². The lowest BCUT2D eigenvalue weighted by atomic mass is 10.2. The fraction of sp³-hybridized carbons (Fsp3) is 0.227. The molecule has 4 rings (SSSR count). The first-order valence-electron chi connectivity index (χ1n) is 9.64. The van der Waals surface area contributed by atoms with Crippen molar-refractivity contribution in [3.05, 3.63) is 86.6 Å². The molecule has 8 heteroatoms. The van der Waals surface area contributed by atoms with Gasteiger partial charge in [-0.15, -0.1) is 0 Å². The van der Waals surface area contributed by atoms with Crippen LogP contribution >= 0.6 is 27.5 Å². The second-order valence-electron chi connectivity index (χ2n) is 7.12. The Morgan fingerprint density at radius 3 is 2.67 bits per heavy atom. The minimum Gasteiger partial charge on any atom is -0.347 e. The Bertz CT molecular complexity index is 1080. The van der Waals surface area contributed by atoms with Gasteiger partial charge in [0.25, 0.3) is 11.8 Å². The quantitative estimate of drug-likeness (QED) is 0.584. The minimum absolute atomic E-state index is 0.125. The van der Waals surface area contributed by atoms with Gasteiger partial charge in [0.05, 0.1) is 0 Å². The fourth-order valence-electron chi connectivity index (χ4n) is 3.41. The molecule has 1 N–H and O–H groups in total.